The highest BCUT2D eigenvalue weighted by atomic mass is 16.5. The summed E-state index contributed by atoms with van der Waals surface area (Å²) in [4.78, 5) is 20.7. The number of carbonyl (C=O) groups is 1. The van der Waals surface area contributed by atoms with Gasteiger partial charge in [-0.1, -0.05) is 0 Å². The van der Waals surface area contributed by atoms with E-state index in [1.807, 2.05) is 12.1 Å². The lowest BCUT2D eigenvalue weighted by atomic mass is 10.2. The van der Waals surface area contributed by atoms with Crippen LogP contribution in [0, 0.1) is 0 Å². The van der Waals surface area contributed by atoms with Crippen molar-refractivity contribution in [2.24, 2.45) is 0 Å². The molecule has 3 rings (SSSR count). The molecule has 0 aliphatic rings. The first-order valence-corrected chi connectivity index (χ1v) is 7.81. The zero-order valence-corrected chi connectivity index (χ0v) is 14.4. The molecule has 2 aromatic heterocycles. The van der Waals surface area contributed by atoms with Gasteiger partial charge in [0.1, 0.15) is 28.8 Å². The molecule has 0 spiro atoms. The van der Waals surface area contributed by atoms with Crippen molar-refractivity contribution in [3.8, 4) is 11.5 Å². The van der Waals surface area contributed by atoms with Gasteiger partial charge in [-0.2, -0.15) is 0 Å². The molecule has 26 heavy (non-hydrogen) atoms. The summed E-state index contributed by atoms with van der Waals surface area (Å²) in [6.45, 7) is 0.480. The zero-order chi connectivity index (χ0) is 18.4. The van der Waals surface area contributed by atoms with Crippen LogP contribution in [0.25, 0.3) is 0 Å². The van der Waals surface area contributed by atoms with Crippen LogP contribution in [0.4, 0.5) is 11.5 Å². The predicted octanol–water partition coefficient (Wildman–Crippen LogP) is 2.95. The normalized spacial score (nSPS) is 10.2. The fourth-order valence-corrected chi connectivity index (χ4v) is 2.23. The van der Waals surface area contributed by atoms with Crippen molar-refractivity contribution in [3.05, 3.63) is 60.4 Å². The molecule has 0 radical (unpaired) electrons. The minimum Gasteiger partial charge on any atom is -0.497 e. The molecule has 0 saturated heterocycles. The van der Waals surface area contributed by atoms with Crippen molar-refractivity contribution >= 4 is 17.4 Å². The van der Waals surface area contributed by atoms with Gasteiger partial charge in [0.25, 0.3) is 5.91 Å². The molecular formula is C18H18N4O4. The molecule has 3 aromatic rings. The fourth-order valence-electron chi connectivity index (χ4n) is 2.23. The summed E-state index contributed by atoms with van der Waals surface area (Å²) in [7, 11) is 3.07. The van der Waals surface area contributed by atoms with Crippen LogP contribution in [0.15, 0.2) is 53.4 Å². The van der Waals surface area contributed by atoms with Crippen LogP contribution in [-0.2, 0) is 6.54 Å². The molecule has 1 aromatic carbocycles. The Hall–Kier alpha value is -3.55. The second kappa shape index (κ2) is 8.02. The number of benzene rings is 1. The molecule has 0 fully saturated rings. The summed E-state index contributed by atoms with van der Waals surface area (Å²) in [5.41, 5.74) is 0.664. The molecule has 8 nitrogen and oxygen atoms in total. The summed E-state index contributed by atoms with van der Waals surface area (Å²) in [6.07, 6.45) is 4.48. The Bertz CT molecular complexity index is 863. The minimum atomic E-state index is -0.401. The van der Waals surface area contributed by atoms with E-state index in [9.17, 15) is 4.79 Å². The van der Waals surface area contributed by atoms with Crippen molar-refractivity contribution in [1.82, 2.24) is 9.97 Å². The van der Waals surface area contributed by atoms with Crippen LogP contribution < -0.4 is 20.1 Å². The highest BCUT2D eigenvalue weighted by Crippen LogP contribution is 2.29. The van der Waals surface area contributed by atoms with Gasteiger partial charge < -0.3 is 24.5 Å². The van der Waals surface area contributed by atoms with Gasteiger partial charge in [-0.15, -0.1) is 0 Å². The minimum absolute atomic E-state index is 0.179. The van der Waals surface area contributed by atoms with E-state index >= 15 is 0 Å². The van der Waals surface area contributed by atoms with Gasteiger partial charge in [-0.3, -0.25) is 4.79 Å². The summed E-state index contributed by atoms with van der Waals surface area (Å²) in [5.74, 6) is 2.03. The van der Waals surface area contributed by atoms with Crippen LogP contribution >= 0.6 is 0 Å². The van der Waals surface area contributed by atoms with Crippen molar-refractivity contribution < 1.29 is 18.7 Å². The van der Waals surface area contributed by atoms with E-state index in [0.717, 1.165) is 5.76 Å². The molecule has 0 bridgehead atoms. The van der Waals surface area contributed by atoms with Gasteiger partial charge in [0, 0.05) is 6.07 Å². The first-order valence-electron chi connectivity index (χ1n) is 7.81. The standard InChI is InChI=1S/C18H18N4O4/c1-24-12-5-6-16(25-2)14(8-12)22-18(23)15-10-21-17(11-19-15)20-9-13-4-3-7-26-13/h3-8,10-11H,9H2,1-2H3,(H,20,21)(H,22,23). The third-order valence-electron chi connectivity index (χ3n) is 3.56. The van der Waals surface area contributed by atoms with Crippen LogP contribution in [0.1, 0.15) is 16.2 Å². The number of nitrogens with one attached hydrogen (secondary N) is 2. The first-order chi connectivity index (χ1) is 12.7. The highest BCUT2D eigenvalue weighted by Gasteiger charge is 2.13. The Labute approximate surface area is 150 Å². The summed E-state index contributed by atoms with van der Waals surface area (Å²) in [5, 5.41) is 5.81. The number of amides is 1. The van der Waals surface area contributed by atoms with Crippen LogP contribution in [0.3, 0.4) is 0 Å². The Morgan fingerprint density at radius 3 is 2.69 bits per heavy atom. The van der Waals surface area contributed by atoms with Gasteiger partial charge in [-0.05, 0) is 24.3 Å². The molecule has 0 atom stereocenters. The Kier molecular flexibility index (Phi) is 5.33. The second-order valence-corrected chi connectivity index (χ2v) is 5.24. The fraction of sp³-hybridized carbons (Fsp3) is 0.167. The predicted molar refractivity (Wildman–Crippen MR) is 95.6 cm³/mol. The number of anilines is 2. The number of furan rings is 1. The topological polar surface area (TPSA) is 98.5 Å². The van der Waals surface area contributed by atoms with Crippen LogP contribution in [-0.4, -0.2) is 30.1 Å². The smallest absolute Gasteiger partial charge is 0.275 e. The Morgan fingerprint density at radius 2 is 2.04 bits per heavy atom. The summed E-state index contributed by atoms with van der Waals surface area (Å²) >= 11 is 0. The Morgan fingerprint density at radius 1 is 1.15 bits per heavy atom. The second-order valence-electron chi connectivity index (χ2n) is 5.24. The SMILES string of the molecule is COc1ccc(OC)c(NC(=O)c2cnc(NCc3ccco3)cn2)c1. The number of rotatable bonds is 7. The largest absolute Gasteiger partial charge is 0.497 e. The van der Waals surface area contributed by atoms with E-state index in [1.165, 1.54) is 19.5 Å². The molecule has 0 aliphatic carbocycles. The number of carbonyl (C=O) groups excluding carboxylic acids is 1. The number of ether oxygens (including phenoxy) is 2. The number of methoxy groups -OCH3 is 2. The van der Waals surface area contributed by atoms with E-state index in [4.69, 9.17) is 13.9 Å². The van der Waals surface area contributed by atoms with Gasteiger partial charge in [0.15, 0.2) is 0 Å². The zero-order valence-electron chi connectivity index (χ0n) is 14.4. The molecule has 0 aliphatic heterocycles. The van der Waals surface area contributed by atoms with E-state index in [0.29, 0.717) is 29.5 Å². The maximum atomic E-state index is 12.4. The van der Waals surface area contributed by atoms with E-state index in [-0.39, 0.29) is 5.69 Å². The molecule has 2 N–H and O–H groups in total. The number of aromatic nitrogens is 2. The molecular weight excluding hydrogens is 336 g/mol. The van der Waals surface area contributed by atoms with Crippen molar-refractivity contribution in [3.63, 3.8) is 0 Å². The lowest BCUT2D eigenvalue weighted by Crippen LogP contribution is -2.15. The molecule has 0 unspecified atom stereocenters. The lowest BCUT2D eigenvalue weighted by Gasteiger charge is -2.11. The number of hydrogen-bond donors (Lipinski definition) is 2. The van der Waals surface area contributed by atoms with Crippen molar-refractivity contribution in [1.29, 1.82) is 0 Å². The molecule has 8 heteroatoms. The van der Waals surface area contributed by atoms with E-state index in [2.05, 4.69) is 20.6 Å². The maximum absolute atomic E-state index is 12.4. The van der Waals surface area contributed by atoms with Crippen LogP contribution in [0.5, 0.6) is 11.5 Å². The van der Waals surface area contributed by atoms with Gasteiger partial charge in [0.05, 0.1) is 45.1 Å². The molecule has 134 valence electrons. The van der Waals surface area contributed by atoms with Gasteiger partial charge in [0.2, 0.25) is 0 Å². The van der Waals surface area contributed by atoms with Gasteiger partial charge in [-0.25, -0.2) is 9.97 Å². The quantitative estimate of drug-likeness (QED) is 0.673. The third-order valence-corrected chi connectivity index (χ3v) is 3.56. The highest BCUT2D eigenvalue weighted by molar-refractivity contribution is 6.03. The molecule has 2 heterocycles. The van der Waals surface area contributed by atoms with Crippen molar-refractivity contribution in [2.75, 3.05) is 24.9 Å². The van der Waals surface area contributed by atoms with E-state index in [1.54, 1.807) is 31.6 Å². The van der Waals surface area contributed by atoms with Crippen LogP contribution in [0.2, 0.25) is 0 Å². The lowest BCUT2D eigenvalue weighted by molar-refractivity contribution is 0.102. The van der Waals surface area contributed by atoms with Crippen molar-refractivity contribution in [2.45, 2.75) is 6.54 Å². The number of nitrogens with zero attached hydrogens (tertiary/aromatic N) is 2. The third kappa shape index (κ3) is 4.10. The van der Waals surface area contributed by atoms with Gasteiger partial charge >= 0.3 is 0 Å². The Balaban J connectivity index is 1.66. The first kappa shape index (κ1) is 17.3. The molecule has 1 amide bonds. The summed E-state index contributed by atoms with van der Waals surface area (Å²) < 4.78 is 15.6. The maximum Gasteiger partial charge on any atom is 0.275 e. The summed E-state index contributed by atoms with van der Waals surface area (Å²) in [6, 6.07) is 8.78. The molecule has 0 saturated carbocycles. The average Bonchev–Trinajstić information content (AvgIpc) is 3.20. The number of hydrogen-bond acceptors (Lipinski definition) is 7. The van der Waals surface area contributed by atoms with E-state index < -0.39 is 5.91 Å². The average molecular weight is 354 g/mol. The monoisotopic (exact) mass is 354 g/mol.